The summed E-state index contributed by atoms with van der Waals surface area (Å²) in [6.45, 7) is 0. The molecule has 0 aliphatic heterocycles. The zero-order valence-corrected chi connectivity index (χ0v) is 7.04. The number of hydrogen-bond acceptors (Lipinski definition) is 1. The van der Waals surface area contributed by atoms with Crippen molar-refractivity contribution in [2.75, 3.05) is 5.88 Å². The monoisotopic (exact) mass is 208 g/mol. The summed E-state index contributed by atoms with van der Waals surface area (Å²) < 4.78 is 37.7. The van der Waals surface area contributed by atoms with Crippen LogP contribution in [0.3, 0.4) is 0 Å². The van der Waals surface area contributed by atoms with Crippen molar-refractivity contribution in [3.05, 3.63) is 35.1 Å². The number of hydrogen-bond donors (Lipinski definition) is 0. The molecule has 0 bridgehead atoms. The second-order valence-electron chi connectivity index (χ2n) is 2.30. The van der Waals surface area contributed by atoms with Crippen molar-refractivity contribution in [1.29, 1.82) is 0 Å². The maximum atomic E-state index is 12.8. The third-order valence-corrected chi connectivity index (χ3v) is 1.67. The number of alkyl halides is 1. The van der Waals surface area contributed by atoms with Crippen molar-refractivity contribution < 1.29 is 18.0 Å². The number of benzene rings is 1. The van der Waals surface area contributed by atoms with Crippen molar-refractivity contribution in [3.63, 3.8) is 0 Å². The molecular formula is C8H4ClF3O. The number of Topliss-reactive ketones (excluding diaryl/α,β-unsaturated/α-hetero) is 1. The number of ketones is 1. The Bertz CT molecular complexity index is 351. The summed E-state index contributed by atoms with van der Waals surface area (Å²) in [5.74, 6) is -4.96. The highest BCUT2D eigenvalue weighted by molar-refractivity contribution is 6.30. The smallest absolute Gasteiger partial charge is 0.180 e. The molecule has 1 aromatic carbocycles. The Morgan fingerprint density at radius 1 is 1.15 bits per heavy atom. The molecule has 0 atom stereocenters. The average molecular weight is 209 g/mol. The largest absolute Gasteiger partial charge is 0.293 e. The van der Waals surface area contributed by atoms with E-state index in [0.717, 1.165) is 0 Å². The number of rotatable bonds is 2. The predicted molar refractivity (Wildman–Crippen MR) is 41.4 cm³/mol. The van der Waals surface area contributed by atoms with Gasteiger partial charge < -0.3 is 0 Å². The van der Waals surface area contributed by atoms with Gasteiger partial charge in [0.1, 0.15) is 5.82 Å². The van der Waals surface area contributed by atoms with Gasteiger partial charge in [-0.15, -0.1) is 11.6 Å². The van der Waals surface area contributed by atoms with E-state index in [2.05, 4.69) is 0 Å². The van der Waals surface area contributed by atoms with E-state index in [4.69, 9.17) is 11.6 Å². The fourth-order valence-corrected chi connectivity index (χ4v) is 0.952. The molecule has 0 aromatic heterocycles. The van der Waals surface area contributed by atoms with Crippen molar-refractivity contribution in [2.24, 2.45) is 0 Å². The lowest BCUT2D eigenvalue weighted by atomic mass is 10.1. The fourth-order valence-electron chi connectivity index (χ4n) is 0.808. The molecule has 0 fully saturated rings. The third kappa shape index (κ3) is 2.01. The molecule has 0 heterocycles. The van der Waals surface area contributed by atoms with Crippen LogP contribution in [0.1, 0.15) is 10.4 Å². The Hall–Kier alpha value is -1.03. The first-order valence-corrected chi connectivity index (χ1v) is 3.83. The molecule has 1 aromatic rings. The molecule has 0 saturated heterocycles. The summed E-state index contributed by atoms with van der Waals surface area (Å²) in [5, 5.41) is 0. The number of carbonyl (C=O) groups is 1. The van der Waals surface area contributed by atoms with E-state index in [9.17, 15) is 18.0 Å². The summed E-state index contributed by atoms with van der Waals surface area (Å²) in [6.07, 6.45) is 0. The lowest BCUT2D eigenvalue weighted by Gasteiger charge is -2.00. The molecule has 13 heavy (non-hydrogen) atoms. The third-order valence-electron chi connectivity index (χ3n) is 1.43. The molecule has 0 amide bonds. The highest BCUT2D eigenvalue weighted by atomic mass is 35.5. The molecule has 0 aliphatic carbocycles. The maximum absolute atomic E-state index is 12.8. The molecule has 0 radical (unpaired) electrons. The van der Waals surface area contributed by atoms with Gasteiger partial charge in [-0.05, 0) is 6.07 Å². The first-order chi connectivity index (χ1) is 6.06. The quantitative estimate of drug-likeness (QED) is 0.415. The topological polar surface area (TPSA) is 17.1 Å². The van der Waals surface area contributed by atoms with Gasteiger partial charge >= 0.3 is 0 Å². The molecular weight excluding hydrogens is 205 g/mol. The minimum Gasteiger partial charge on any atom is -0.293 e. The molecule has 0 aliphatic rings. The van der Waals surface area contributed by atoms with E-state index in [-0.39, 0.29) is 0 Å². The van der Waals surface area contributed by atoms with Gasteiger partial charge in [0.2, 0.25) is 0 Å². The van der Waals surface area contributed by atoms with Crippen LogP contribution in [-0.4, -0.2) is 11.7 Å². The van der Waals surface area contributed by atoms with Crippen LogP contribution < -0.4 is 0 Å². The molecule has 0 N–H and O–H groups in total. The second-order valence-corrected chi connectivity index (χ2v) is 2.57. The zero-order chi connectivity index (χ0) is 10.0. The minimum absolute atomic E-state index is 0.315. The van der Waals surface area contributed by atoms with Crippen LogP contribution in [-0.2, 0) is 0 Å². The van der Waals surface area contributed by atoms with Crippen LogP contribution in [0.15, 0.2) is 12.1 Å². The van der Waals surface area contributed by atoms with E-state index in [1.165, 1.54) is 0 Å². The van der Waals surface area contributed by atoms with Crippen LogP contribution in [0.25, 0.3) is 0 Å². The summed E-state index contributed by atoms with van der Waals surface area (Å²) in [6, 6.07) is 0.810. The summed E-state index contributed by atoms with van der Waals surface area (Å²) in [7, 11) is 0. The standard InChI is InChI=1S/C8H4ClF3O/c9-3-8(13)4-1-6(11)7(12)2-5(4)10/h1-2H,3H2. The highest BCUT2D eigenvalue weighted by Gasteiger charge is 2.14. The Labute approximate surface area is 77.1 Å². The zero-order valence-electron chi connectivity index (χ0n) is 6.28. The first-order valence-electron chi connectivity index (χ1n) is 3.30. The van der Waals surface area contributed by atoms with Crippen LogP contribution in [0.5, 0.6) is 0 Å². The van der Waals surface area contributed by atoms with Crippen molar-refractivity contribution >= 4 is 17.4 Å². The van der Waals surface area contributed by atoms with Crippen LogP contribution >= 0.6 is 11.6 Å². The second kappa shape index (κ2) is 3.79. The van der Waals surface area contributed by atoms with E-state index in [1.807, 2.05) is 0 Å². The molecule has 0 unspecified atom stereocenters. The van der Waals surface area contributed by atoms with Gasteiger partial charge in [0.15, 0.2) is 17.4 Å². The minimum atomic E-state index is -1.33. The molecule has 0 spiro atoms. The molecule has 1 nitrogen and oxygen atoms in total. The van der Waals surface area contributed by atoms with Gasteiger partial charge in [-0.1, -0.05) is 0 Å². The van der Waals surface area contributed by atoms with Crippen LogP contribution in [0.4, 0.5) is 13.2 Å². The number of halogens is 4. The fraction of sp³-hybridized carbons (Fsp3) is 0.125. The summed E-state index contributed by atoms with van der Waals surface area (Å²) in [4.78, 5) is 10.8. The molecule has 70 valence electrons. The lowest BCUT2D eigenvalue weighted by Crippen LogP contribution is -2.05. The Morgan fingerprint density at radius 3 is 2.23 bits per heavy atom. The normalized spacial score (nSPS) is 10.2. The first kappa shape index (κ1) is 10.1. The predicted octanol–water partition coefficient (Wildman–Crippen LogP) is 2.53. The van der Waals surface area contributed by atoms with Gasteiger partial charge in [-0.25, -0.2) is 13.2 Å². The lowest BCUT2D eigenvalue weighted by molar-refractivity contribution is 0.101. The van der Waals surface area contributed by atoms with Crippen molar-refractivity contribution in [3.8, 4) is 0 Å². The molecule has 0 saturated carbocycles. The SMILES string of the molecule is O=C(CCl)c1cc(F)c(F)cc1F. The van der Waals surface area contributed by atoms with Crippen LogP contribution in [0.2, 0.25) is 0 Å². The van der Waals surface area contributed by atoms with Gasteiger partial charge in [-0.2, -0.15) is 0 Å². The van der Waals surface area contributed by atoms with E-state index in [1.54, 1.807) is 0 Å². The maximum Gasteiger partial charge on any atom is 0.180 e. The van der Waals surface area contributed by atoms with Crippen molar-refractivity contribution in [1.82, 2.24) is 0 Å². The van der Waals surface area contributed by atoms with E-state index in [0.29, 0.717) is 12.1 Å². The van der Waals surface area contributed by atoms with Gasteiger partial charge in [0.05, 0.1) is 11.4 Å². The van der Waals surface area contributed by atoms with E-state index >= 15 is 0 Å². The highest BCUT2D eigenvalue weighted by Crippen LogP contribution is 2.14. The summed E-state index contributed by atoms with van der Waals surface area (Å²) in [5.41, 5.74) is -0.533. The van der Waals surface area contributed by atoms with Crippen LogP contribution in [0, 0.1) is 17.5 Å². The summed E-state index contributed by atoms with van der Waals surface area (Å²) >= 11 is 5.12. The van der Waals surface area contributed by atoms with Gasteiger partial charge in [0, 0.05) is 6.07 Å². The van der Waals surface area contributed by atoms with E-state index < -0.39 is 34.7 Å². The molecule has 5 heteroatoms. The molecule has 1 rings (SSSR count). The van der Waals surface area contributed by atoms with Gasteiger partial charge in [-0.3, -0.25) is 4.79 Å². The Kier molecular flexibility index (Phi) is 2.93. The Balaban J connectivity index is 3.23. The van der Waals surface area contributed by atoms with Crippen molar-refractivity contribution in [2.45, 2.75) is 0 Å². The number of carbonyl (C=O) groups excluding carboxylic acids is 1. The average Bonchev–Trinajstić information content (AvgIpc) is 2.10. The van der Waals surface area contributed by atoms with Gasteiger partial charge in [0.25, 0.3) is 0 Å². The Morgan fingerprint density at radius 2 is 1.69 bits per heavy atom.